The van der Waals surface area contributed by atoms with Crippen molar-refractivity contribution < 1.29 is 21.6 Å². The maximum atomic E-state index is 13.3. The monoisotopic (exact) mass is 459 g/mol. The Morgan fingerprint density at radius 2 is 1.32 bits per heavy atom. The van der Waals surface area contributed by atoms with Crippen molar-refractivity contribution in [3.8, 4) is 0 Å². The normalized spacial score (nSPS) is 30.5. The van der Waals surface area contributed by atoms with Crippen LogP contribution in [0.2, 0.25) is 13.7 Å². The second-order valence-electron chi connectivity index (χ2n) is 10.3. The van der Waals surface area contributed by atoms with Crippen LogP contribution < -0.4 is 3.80 Å². The molecule has 0 aromatic heterocycles. The average molecular weight is 460 g/mol. The molecule has 0 spiro atoms. The van der Waals surface area contributed by atoms with E-state index in [1.165, 1.54) is 80.1 Å². The molecule has 1 heterocycles. The Hall–Kier alpha value is -0.856. The maximum absolute atomic E-state index is 13.3. The Balaban J connectivity index is 0.000000628. The summed E-state index contributed by atoms with van der Waals surface area (Å²) in [5.74, 6) is 2.30. The molecule has 1 saturated heterocycles. The van der Waals surface area contributed by atoms with Crippen molar-refractivity contribution in [2.75, 3.05) is 0 Å². The fraction of sp³-hybridized carbons (Fsp3) is 0.679. The fourth-order valence-electron chi connectivity index (χ4n) is 6.10. The molecule has 4 aliphatic rings. The molecule has 4 rings (SSSR count). The Morgan fingerprint density at radius 1 is 0.774 bits per heavy atom. The van der Waals surface area contributed by atoms with Crippen molar-refractivity contribution >= 4 is 5.91 Å². The minimum atomic E-state index is -2.11. The minimum absolute atomic E-state index is 0.312. The summed E-state index contributed by atoms with van der Waals surface area (Å²) in [5, 5.41) is 0. The van der Waals surface area contributed by atoms with E-state index < -0.39 is 16.8 Å². The zero-order chi connectivity index (χ0) is 21.9. The first-order chi connectivity index (χ1) is 15.2. The van der Waals surface area contributed by atoms with Crippen LogP contribution in [0, 0.1) is 17.8 Å². The molecule has 2 nitrogen and oxygen atoms in total. The van der Waals surface area contributed by atoms with Gasteiger partial charge in [0.2, 0.25) is 0 Å². The number of hydrogen-bond acceptors (Lipinski definition) is 1. The Kier molecular flexibility index (Phi) is 10.4. The molecule has 1 amide bonds. The van der Waals surface area contributed by atoms with Gasteiger partial charge in [-0.05, 0) is 0 Å². The van der Waals surface area contributed by atoms with Crippen LogP contribution in [-0.4, -0.2) is 5.91 Å². The first-order valence-corrected chi connectivity index (χ1v) is 17.0. The van der Waals surface area contributed by atoms with Gasteiger partial charge in [-0.25, -0.2) is 0 Å². The van der Waals surface area contributed by atoms with E-state index in [-0.39, 0.29) is 0 Å². The standard InChI is InChI=1S/C13H25NO.C9H11.C4H6.C2H4.Ti/c14-13(15)12-10-8-6-4-2-1-3-5-7-9-11-12;1-2-5-9-7-3-6-8(9)4-1;1-3-4-2;1-2;/h12H,1-11H2,(H2,14,15);1-2,4-6,8-9H,3,7H2;3-4H,1-2H2;1-2H2;/q;;;;+1/p-1. The second kappa shape index (κ2) is 13.0. The van der Waals surface area contributed by atoms with Gasteiger partial charge in [0.15, 0.2) is 0 Å². The Labute approximate surface area is 195 Å². The summed E-state index contributed by atoms with van der Waals surface area (Å²) in [5.41, 5.74) is 0. The van der Waals surface area contributed by atoms with Crippen molar-refractivity contribution in [2.45, 2.75) is 97.1 Å². The topological polar surface area (TPSA) is 29.1 Å². The van der Waals surface area contributed by atoms with Gasteiger partial charge < -0.3 is 0 Å². The van der Waals surface area contributed by atoms with Crippen LogP contribution in [-0.2, 0) is 21.6 Å². The van der Waals surface area contributed by atoms with Gasteiger partial charge in [0.1, 0.15) is 0 Å². The zero-order valence-electron chi connectivity index (χ0n) is 19.7. The van der Waals surface area contributed by atoms with E-state index in [0.717, 1.165) is 28.9 Å². The van der Waals surface area contributed by atoms with E-state index in [2.05, 4.69) is 41.3 Å². The van der Waals surface area contributed by atoms with Gasteiger partial charge in [0.05, 0.1) is 0 Å². The average Bonchev–Trinajstić information content (AvgIpc) is 3.42. The van der Waals surface area contributed by atoms with E-state index in [1.807, 2.05) is 0 Å². The molecule has 0 bridgehead atoms. The Morgan fingerprint density at radius 3 is 1.87 bits per heavy atom. The molecule has 3 fully saturated rings. The molecule has 31 heavy (non-hydrogen) atoms. The SMILES string of the molecule is C=CC=C.O=C([NH][Ti]1([CH]2CCC3C=CC=CC32)[CH2][CH2]1)C1CCCCCCCCCCC1. The number of allylic oxidation sites excluding steroid dienone is 6. The van der Waals surface area contributed by atoms with Crippen molar-refractivity contribution in [1.82, 2.24) is 3.80 Å². The quantitative estimate of drug-likeness (QED) is 0.333. The number of rotatable bonds is 4. The zero-order valence-corrected chi connectivity index (χ0v) is 21.3. The van der Waals surface area contributed by atoms with Crippen LogP contribution in [0.3, 0.4) is 0 Å². The summed E-state index contributed by atoms with van der Waals surface area (Å²) in [7, 11) is 0. The third-order valence-electron chi connectivity index (χ3n) is 8.09. The van der Waals surface area contributed by atoms with E-state index in [0.29, 0.717) is 11.8 Å². The van der Waals surface area contributed by atoms with Gasteiger partial charge in [-0.2, -0.15) is 0 Å². The molecule has 2 saturated carbocycles. The van der Waals surface area contributed by atoms with Gasteiger partial charge in [0, 0.05) is 0 Å². The van der Waals surface area contributed by atoms with Crippen LogP contribution >= 0.6 is 0 Å². The summed E-state index contributed by atoms with van der Waals surface area (Å²) >= 11 is -2.11. The molecular weight excluding hydrogens is 414 g/mol. The molecule has 3 aliphatic carbocycles. The van der Waals surface area contributed by atoms with Crippen molar-refractivity contribution in [2.24, 2.45) is 17.8 Å². The summed E-state index contributed by atoms with van der Waals surface area (Å²) in [6.07, 6.45) is 29.8. The molecule has 1 N–H and O–H groups in total. The third-order valence-corrected chi connectivity index (χ3v) is 15.0. The van der Waals surface area contributed by atoms with E-state index in [9.17, 15) is 4.79 Å². The summed E-state index contributed by atoms with van der Waals surface area (Å²) < 4.78 is 7.45. The molecular formula is C28H45NOTi. The van der Waals surface area contributed by atoms with Crippen LogP contribution in [0.15, 0.2) is 49.6 Å². The predicted octanol–water partition coefficient (Wildman–Crippen LogP) is 8.24. The first-order valence-electron chi connectivity index (χ1n) is 13.1. The van der Waals surface area contributed by atoms with Gasteiger partial charge in [-0.15, -0.1) is 0 Å². The fourth-order valence-corrected chi connectivity index (χ4v) is 14.0. The molecule has 172 valence electrons. The molecule has 0 aromatic rings. The molecule has 1 aliphatic heterocycles. The van der Waals surface area contributed by atoms with Gasteiger partial charge in [-0.3, -0.25) is 0 Å². The van der Waals surface area contributed by atoms with Gasteiger partial charge in [-0.1, -0.05) is 25.3 Å². The van der Waals surface area contributed by atoms with Crippen LogP contribution in [0.4, 0.5) is 0 Å². The number of amides is 1. The first kappa shape index (κ1) is 24.8. The third kappa shape index (κ3) is 7.32. The number of carbonyl (C=O) groups is 1. The molecule has 0 radical (unpaired) electrons. The number of carbonyl (C=O) groups excluding carboxylic acids is 1. The van der Waals surface area contributed by atoms with E-state index >= 15 is 0 Å². The molecule has 3 unspecified atom stereocenters. The predicted molar refractivity (Wildman–Crippen MR) is 131 cm³/mol. The molecule has 0 aromatic carbocycles. The second-order valence-corrected chi connectivity index (χ2v) is 17.0. The van der Waals surface area contributed by atoms with Crippen molar-refractivity contribution in [3.63, 3.8) is 0 Å². The number of hydrogen-bond donors (Lipinski definition) is 1. The van der Waals surface area contributed by atoms with Gasteiger partial charge >= 0.3 is 171 Å². The van der Waals surface area contributed by atoms with E-state index in [1.54, 1.807) is 12.2 Å². The number of fused-ring (bicyclic) bond motifs is 1. The van der Waals surface area contributed by atoms with E-state index in [4.69, 9.17) is 0 Å². The van der Waals surface area contributed by atoms with Crippen LogP contribution in [0.1, 0.15) is 83.5 Å². The van der Waals surface area contributed by atoms with Crippen LogP contribution in [0.5, 0.6) is 0 Å². The molecule has 3 atom stereocenters. The summed E-state index contributed by atoms with van der Waals surface area (Å²) in [6, 6.07) is 0. The number of nitrogens with one attached hydrogen (secondary N) is 1. The van der Waals surface area contributed by atoms with Crippen LogP contribution in [0.25, 0.3) is 0 Å². The van der Waals surface area contributed by atoms with Crippen molar-refractivity contribution in [3.05, 3.63) is 49.6 Å². The Bertz CT molecular complexity index is 629. The summed E-state index contributed by atoms with van der Waals surface area (Å²) in [4.78, 5) is 13.3. The van der Waals surface area contributed by atoms with Crippen molar-refractivity contribution in [1.29, 1.82) is 0 Å². The summed E-state index contributed by atoms with van der Waals surface area (Å²) in [6.45, 7) is 6.72. The molecule has 3 heteroatoms. The van der Waals surface area contributed by atoms with Gasteiger partial charge in [0.25, 0.3) is 0 Å².